The van der Waals surface area contributed by atoms with Gasteiger partial charge in [-0.2, -0.15) is 0 Å². The van der Waals surface area contributed by atoms with Crippen LogP contribution in [0.4, 0.5) is 14.5 Å². The first-order chi connectivity index (χ1) is 9.15. The number of nitrogens with one attached hydrogen (secondary N) is 1. The third kappa shape index (κ3) is 4.28. The topological polar surface area (TPSA) is 32.3 Å². The number of halogens is 2. The van der Waals surface area contributed by atoms with Gasteiger partial charge in [-0.05, 0) is 38.1 Å². The summed E-state index contributed by atoms with van der Waals surface area (Å²) in [5.41, 5.74) is 0.0289. The van der Waals surface area contributed by atoms with Gasteiger partial charge in [-0.15, -0.1) is 0 Å². The maximum absolute atomic E-state index is 13.4. The first-order valence-corrected chi connectivity index (χ1v) is 6.62. The van der Waals surface area contributed by atoms with Crippen LogP contribution in [0.15, 0.2) is 18.2 Å². The van der Waals surface area contributed by atoms with Gasteiger partial charge in [0, 0.05) is 6.07 Å². The van der Waals surface area contributed by atoms with Crippen LogP contribution in [0, 0.1) is 11.6 Å². The predicted octanol–water partition coefficient (Wildman–Crippen LogP) is 2.78. The first kappa shape index (κ1) is 13.9. The lowest BCUT2D eigenvalue weighted by atomic mass is 10.2. The van der Waals surface area contributed by atoms with Gasteiger partial charge in [-0.1, -0.05) is 12.8 Å². The Morgan fingerprint density at radius 1 is 1.16 bits per heavy atom. The van der Waals surface area contributed by atoms with Gasteiger partial charge in [0.15, 0.2) is 0 Å². The number of carbonyl (C=O) groups excluding carboxylic acids is 1. The minimum atomic E-state index is -0.746. The van der Waals surface area contributed by atoms with Crippen LogP contribution < -0.4 is 5.32 Å². The summed E-state index contributed by atoms with van der Waals surface area (Å²) in [6.07, 6.45) is 4.59. The molecule has 19 heavy (non-hydrogen) atoms. The Labute approximate surface area is 111 Å². The van der Waals surface area contributed by atoms with Crippen LogP contribution in [0.1, 0.15) is 25.7 Å². The molecule has 1 saturated heterocycles. The van der Waals surface area contributed by atoms with Crippen LogP contribution in [0.25, 0.3) is 0 Å². The molecule has 0 spiro atoms. The van der Waals surface area contributed by atoms with E-state index in [1.54, 1.807) is 0 Å². The maximum Gasteiger partial charge on any atom is 0.238 e. The van der Waals surface area contributed by atoms with Gasteiger partial charge in [0.25, 0.3) is 0 Å². The van der Waals surface area contributed by atoms with Gasteiger partial charge < -0.3 is 5.32 Å². The van der Waals surface area contributed by atoms with Crippen molar-refractivity contribution >= 4 is 11.6 Å². The minimum absolute atomic E-state index is 0.0289. The van der Waals surface area contributed by atoms with Crippen LogP contribution in [0.3, 0.4) is 0 Å². The summed E-state index contributed by atoms with van der Waals surface area (Å²) in [6.45, 7) is 2.06. The fourth-order valence-electron chi connectivity index (χ4n) is 2.28. The van der Waals surface area contributed by atoms with Crippen molar-refractivity contribution in [3.05, 3.63) is 29.8 Å². The number of rotatable bonds is 3. The lowest BCUT2D eigenvalue weighted by Gasteiger charge is -2.19. The van der Waals surface area contributed by atoms with Crippen molar-refractivity contribution in [1.82, 2.24) is 4.90 Å². The molecule has 1 N–H and O–H groups in total. The highest BCUT2D eigenvalue weighted by atomic mass is 19.1. The number of nitrogens with zero attached hydrogens (tertiary/aromatic N) is 1. The molecule has 1 amide bonds. The summed E-state index contributed by atoms with van der Waals surface area (Å²) in [7, 11) is 0. The van der Waals surface area contributed by atoms with E-state index in [2.05, 4.69) is 10.2 Å². The molecule has 1 fully saturated rings. The normalized spacial score (nSPS) is 16.9. The molecular weight excluding hydrogens is 250 g/mol. The fraction of sp³-hybridized carbons (Fsp3) is 0.500. The van der Waals surface area contributed by atoms with Gasteiger partial charge in [-0.3, -0.25) is 9.69 Å². The van der Waals surface area contributed by atoms with E-state index in [4.69, 9.17) is 0 Å². The summed E-state index contributed by atoms with van der Waals surface area (Å²) in [4.78, 5) is 13.9. The van der Waals surface area contributed by atoms with Gasteiger partial charge >= 0.3 is 0 Å². The Hall–Kier alpha value is -1.49. The van der Waals surface area contributed by atoms with Crippen LogP contribution in [0.2, 0.25) is 0 Å². The highest BCUT2D eigenvalue weighted by Gasteiger charge is 2.14. The second-order valence-electron chi connectivity index (χ2n) is 4.86. The highest BCUT2D eigenvalue weighted by molar-refractivity contribution is 5.92. The smallest absolute Gasteiger partial charge is 0.238 e. The van der Waals surface area contributed by atoms with E-state index in [1.807, 2.05) is 0 Å². The maximum atomic E-state index is 13.4. The summed E-state index contributed by atoms with van der Waals surface area (Å²) in [6, 6.07) is 3.14. The average Bonchev–Trinajstić information content (AvgIpc) is 2.61. The fourth-order valence-corrected chi connectivity index (χ4v) is 2.28. The van der Waals surface area contributed by atoms with Crippen LogP contribution in [0.5, 0.6) is 0 Å². The molecule has 3 nitrogen and oxygen atoms in total. The SMILES string of the molecule is O=C(CN1CCCCCC1)Nc1ccc(F)cc1F. The number of hydrogen-bond acceptors (Lipinski definition) is 2. The molecule has 0 radical (unpaired) electrons. The molecule has 1 aliphatic heterocycles. The Morgan fingerprint density at radius 2 is 1.84 bits per heavy atom. The first-order valence-electron chi connectivity index (χ1n) is 6.62. The molecule has 2 rings (SSSR count). The molecule has 1 aliphatic rings. The zero-order valence-corrected chi connectivity index (χ0v) is 10.8. The van der Waals surface area contributed by atoms with Crippen molar-refractivity contribution in [1.29, 1.82) is 0 Å². The molecule has 1 aromatic carbocycles. The van der Waals surface area contributed by atoms with Crippen molar-refractivity contribution in [3.8, 4) is 0 Å². The number of anilines is 1. The number of likely N-dealkylation sites (tertiary alicyclic amines) is 1. The van der Waals surface area contributed by atoms with Crippen molar-refractivity contribution in [2.24, 2.45) is 0 Å². The van der Waals surface area contributed by atoms with Gasteiger partial charge in [0.1, 0.15) is 11.6 Å². The number of benzene rings is 1. The second kappa shape index (κ2) is 6.61. The Bertz CT molecular complexity index is 443. The number of amides is 1. The van der Waals surface area contributed by atoms with Gasteiger partial charge in [-0.25, -0.2) is 8.78 Å². The van der Waals surface area contributed by atoms with E-state index in [9.17, 15) is 13.6 Å². The standard InChI is InChI=1S/C14H18F2N2O/c15-11-5-6-13(12(16)9-11)17-14(19)10-18-7-3-1-2-4-8-18/h5-6,9H,1-4,7-8,10H2,(H,17,19). The molecule has 0 bridgehead atoms. The second-order valence-corrected chi connectivity index (χ2v) is 4.86. The summed E-state index contributed by atoms with van der Waals surface area (Å²) < 4.78 is 26.1. The third-order valence-electron chi connectivity index (χ3n) is 3.27. The predicted molar refractivity (Wildman–Crippen MR) is 69.9 cm³/mol. The van der Waals surface area contributed by atoms with Crippen LogP contribution >= 0.6 is 0 Å². The quantitative estimate of drug-likeness (QED) is 0.914. The lowest BCUT2D eigenvalue weighted by Crippen LogP contribution is -2.34. The van der Waals surface area contributed by atoms with E-state index in [0.717, 1.165) is 38.1 Å². The highest BCUT2D eigenvalue weighted by Crippen LogP contribution is 2.15. The van der Waals surface area contributed by atoms with Crippen molar-refractivity contribution in [2.45, 2.75) is 25.7 Å². The van der Waals surface area contributed by atoms with Crippen LogP contribution in [-0.2, 0) is 4.79 Å². The van der Waals surface area contributed by atoms with E-state index in [1.165, 1.54) is 18.9 Å². The van der Waals surface area contributed by atoms with Crippen molar-refractivity contribution in [2.75, 3.05) is 25.0 Å². The van der Waals surface area contributed by atoms with Crippen LogP contribution in [-0.4, -0.2) is 30.4 Å². The van der Waals surface area contributed by atoms with Gasteiger partial charge in [0.2, 0.25) is 5.91 Å². The Balaban J connectivity index is 1.89. The van der Waals surface area contributed by atoms with Gasteiger partial charge in [0.05, 0.1) is 12.2 Å². The molecule has 5 heteroatoms. The van der Waals surface area contributed by atoms with E-state index in [0.29, 0.717) is 0 Å². The monoisotopic (exact) mass is 268 g/mol. The van der Waals surface area contributed by atoms with E-state index in [-0.39, 0.29) is 18.1 Å². The Morgan fingerprint density at radius 3 is 2.47 bits per heavy atom. The largest absolute Gasteiger partial charge is 0.322 e. The molecule has 0 saturated carbocycles. The summed E-state index contributed by atoms with van der Waals surface area (Å²) in [5, 5.41) is 2.48. The van der Waals surface area contributed by atoms with E-state index < -0.39 is 11.6 Å². The molecule has 0 aromatic heterocycles. The minimum Gasteiger partial charge on any atom is -0.322 e. The van der Waals surface area contributed by atoms with E-state index >= 15 is 0 Å². The molecule has 1 aromatic rings. The molecular formula is C14H18F2N2O. The molecule has 0 atom stereocenters. The zero-order chi connectivity index (χ0) is 13.7. The summed E-state index contributed by atoms with van der Waals surface area (Å²) in [5.74, 6) is -1.65. The van der Waals surface area contributed by atoms with Crippen molar-refractivity contribution in [3.63, 3.8) is 0 Å². The third-order valence-corrected chi connectivity index (χ3v) is 3.27. The summed E-state index contributed by atoms with van der Waals surface area (Å²) >= 11 is 0. The van der Waals surface area contributed by atoms with Crippen molar-refractivity contribution < 1.29 is 13.6 Å². The Kier molecular flexibility index (Phi) is 4.85. The average molecular weight is 268 g/mol. The molecule has 104 valence electrons. The molecule has 1 heterocycles. The number of carbonyl (C=O) groups is 1. The lowest BCUT2D eigenvalue weighted by molar-refractivity contribution is -0.117. The molecule has 0 unspecified atom stereocenters. The number of hydrogen-bond donors (Lipinski definition) is 1. The molecule has 0 aliphatic carbocycles. The zero-order valence-electron chi connectivity index (χ0n) is 10.8.